The number of aromatic amines is 1. The van der Waals surface area contributed by atoms with Gasteiger partial charge in [-0.15, -0.1) is 0 Å². The lowest BCUT2D eigenvalue weighted by Gasteiger charge is -2.32. The van der Waals surface area contributed by atoms with Gasteiger partial charge in [0.25, 0.3) is 11.5 Å². The van der Waals surface area contributed by atoms with E-state index in [1.54, 1.807) is 56.7 Å². The van der Waals surface area contributed by atoms with Gasteiger partial charge >= 0.3 is 6.09 Å². The highest BCUT2D eigenvalue weighted by atomic mass is 16.4. The molecule has 0 fully saturated rings. The number of amides is 3. The third kappa shape index (κ3) is 7.27. The monoisotopic (exact) mass is 556 g/mol. The predicted octanol–water partition coefficient (Wildman–Crippen LogP) is 3.39. The summed E-state index contributed by atoms with van der Waals surface area (Å²) < 4.78 is 1.41. The van der Waals surface area contributed by atoms with Crippen molar-refractivity contribution < 1.29 is 19.5 Å². The van der Waals surface area contributed by atoms with E-state index in [-0.39, 0.29) is 37.4 Å². The van der Waals surface area contributed by atoms with Gasteiger partial charge in [0.15, 0.2) is 0 Å². The maximum absolute atomic E-state index is 13.8. The molecule has 11 heteroatoms. The fourth-order valence-corrected chi connectivity index (χ4v) is 4.50. The Morgan fingerprint density at radius 1 is 1.05 bits per heavy atom. The largest absolute Gasteiger partial charge is 0.465 e. The van der Waals surface area contributed by atoms with Crippen molar-refractivity contribution in [2.75, 3.05) is 19.4 Å². The molecular formula is C30H32N6O5. The van der Waals surface area contributed by atoms with Crippen LogP contribution < -0.4 is 16.2 Å². The molecule has 3 amide bonds. The van der Waals surface area contributed by atoms with Crippen molar-refractivity contribution in [3.63, 3.8) is 0 Å². The summed E-state index contributed by atoms with van der Waals surface area (Å²) in [7, 11) is 3.24. The molecular weight excluding hydrogens is 524 g/mol. The molecule has 0 aliphatic rings. The Bertz CT molecular complexity index is 1590. The van der Waals surface area contributed by atoms with Crippen LogP contribution in [0.4, 0.5) is 10.5 Å². The molecule has 2 heterocycles. The molecule has 212 valence electrons. The zero-order chi connectivity index (χ0) is 29.4. The lowest BCUT2D eigenvalue weighted by Crippen LogP contribution is -2.58. The van der Waals surface area contributed by atoms with Crippen LogP contribution in [-0.4, -0.2) is 62.1 Å². The van der Waals surface area contributed by atoms with Crippen LogP contribution in [0.15, 0.2) is 89.9 Å². The van der Waals surface area contributed by atoms with E-state index in [1.807, 2.05) is 30.3 Å². The minimum absolute atomic E-state index is 0.00318. The van der Waals surface area contributed by atoms with Crippen LogP contribution in [0.1, 0.15) is 24.2 Å². The molecule has 1 unspecified atom stereocenters. The van der Waals surface area contributed by atoms with Gasteiger partial charge in [-0.25, -0.2) is 9.78 Å². The van der Waals surface area contributed by atoms with E-state index >= 15 is 0 Å². The minimum Gasteiger partial charge on any atom is -0.465 e. The molecule has 0 radical (unpaired) electrons. The lowest BCUT2D eigenvalue weighted by molar-refractivity contribution is -0.123. The summed E-state index contributed by atoms with van der Waals surface area (Å²) in [6.45, 7) is 0.143. The second-order valence-electron chi connectivity index (χ2n) is 9.86. The highest BCUT2D eigenvalue weighted by Gasteiger charge is 2.40. The quantitative estimate of drug-likeness (QED) is 0.208. The number of carbonyl (C=O) groups excluding carboxylic acids is 2. The minimum atomic E-state index is -1.63. The molecule has 2 aromatic carbocycles. The van der Waals surface area contributed by atoms with Crippen molar-refractivity contribution in [1.82, 2.24) is 24.8 Å². The van der Waals surface area contributed by atoms with Gasteiger partial charge in [0.1, 0.15) is 17.1 Å². The average Bonchev–Trinajstić information content (AvgIpc) is 3.35. The molecule has 11 nitrogen and oxygen atoms in total. The van der Waals surface area contributed by atoms with Crippen molar-refractivity contribution >= 4 is 34.6 Å². The van der Waals surface area contributed by atoms with Gasteiger partial charge in [-0.3, -0.25) is 14.4 Å². The third-order valence-corrected chi connectivity index (χ3v) is 6.60. The molecule has 1 atom stereocenters. The van der Waals surface area contributed by atoms with Crippen molar-refractivity contribution in [3.8, 4) is 0 Å². The van der Waals surface area contributed by atoms with Crippen LogP contribution >= 0.6 is 0 Å². The first-order valence-electron chi connectivity index (χ1n) is 13.0. The smallest absolute Gasteiger partial charge is 0.405 e. The molecule has 2 aromatic heterocycles. The first-order chi connectivity index (χ1) is 19.7. The van der Waals surface area contributed by atoms with Gasteiger partial charge in [0.05, 0.1) is 17.6 Å². The normalized spacial score (nSPS) is 12.6. The molecule has 0 bridgehead atoms. The number of nitrogens with zero attached hydrogens (tertiary/aromatic N) is 3. The van der Waals surface area contributed by atoms with Gasteiger partial charge in [-0.2, -0.15) is 0 Å². The second-order valence-corrected chi connectivity index (χ2v) is 9.86. The Morgan fingerprint density at radius 2 is 1.78 bits per heavy atom. The lowest BCUT2D eigenvalue weighted by atomic mass is 9.85. The number of carboxylic acid groups (broad SMARTS) is 1. The number of H-pyrrole nitrogens is 1. The number of fused-ring (bicyclic) bond motifs is 1. The molecule has 0 aliphatic heterocycles. The first kappa shape index (κ1) is 28.8. The highest BCUT2D eigenvalue weighted by molar-refractivity contribution is 6.00. The Balaban J connectivity index is 1.62. The molecule has 4 N–H and O–H groups in total. The van der Waals surface area contributed by atoms with Crippen LogP contribution in [0.3, 0.4) is 0 Å². The number of imidazole rings is 1. The number of hydrogen-bond acceptors (Lipinski definition) is 5. The predicted molar refractivity (Wildman–Crippen MR) is 156 cm³/mol. The number of nitrogens with one attached hydrogen (secondary N) is 3. The zero-order valence-corrected chi connectivity index (χ0v) is 22.8. The van der Waals surface area contributed by atoms with E-state index in [9.17, 15) is 24.3 Å². The second kappa shape index (κ2) is 12.8. The van der Waals surface area contributed by atoms with E-state index in [0.717, 1.165) is 16.6 Å². The maximum Gasteiger partial charge on any atom is 0.405 e. The molecule has 0 spiro atoms. The number of aromatic nitrogens is 3. The topological polar surface area (TPSA) is 149 Å². The number of likely N-dealkylation sites (N-methyl/N-ethyl adjacent to an activating group) is 1. The molecule has 4 rings (SSSR count). The van der Waals surface area contributed by atoms with Crippen molar-refractivity contribution in [2.24, 2.45) is 0 Å². The number of benzene rings is 2. The van der Waals surface area contributed by atoms with Crippen molar-refractivity contribution in [2.45, 2.75) is 31.3 Å². The summed E-state index contributed by atoms with van der Waals surface area (Å²) in [4.78, 5) is 60.2. The highest BCUT2D eigenvalue weighted by Crippen LogP contribution is 2.23. The number of carbonyl (C=O) groups is 3. The van der Waals surface area contributed by atoms with Crippen molar-refractivity contribution in [1.29, 1.82) is 0 Å². The van der Waals surface area contributed by atoms with Crippen LogP contribution in [0.2, 0.25) is 0 Å². The van der Waals surface area contributed by atoms with E-state index in [1.165, 1.54) is 21.6 Å². The molecule has 0 saturated heterocycles. The fraction of sp³-hybridized carbons (Fsp3) is 0.233. The fourth-order valence-electron chi connectivity index (χ4n) is 4.50. The van der Waals surface area contributed by atoms with E-state index in [0.29, 0.717) is 5.82 Å². The number of anilines is 1. The Hall–Kier alpha value is -5.19. The zero-order valence-electron chi connectivity index (χ0n) is 22.8. The Labute approximate surface area is 236 Å². The summed E-state index contributed by atoms with van der Waals surface area (Å²) >= 11 is 0. The van der Waals surface area contributed by atoms with Gasteiger partial charge in [-0.05, 0) is 48.7 Å². The van der Waals surface area contributed by atoms with Gasteiger partial charge in [0.2, 0.25) is 5.91 Å². The molecule has 41 heavy (non-hydrogen) atoms. The van der Waals surface area contributed by atoms with E-state index in [2.05, 4.69) is 20.6 Å². The molecule has 0 saturated carbocycles. The Morgan fingerprint density at radius 3 is 2.49 bits per heavy atom. The first-order valence-corrected chi connectivity index (χ1v) is 13.0. The number of hydrogen-bond donors (Lipinski definition) is 4. The summed E-state index contributed by atoms with van der Waals surface area (Å²) in [5, 5.41) is 14.8. The van der Waals surface area contributed by atoms with Crippen LogP contribution in [-0.2, 0) is 22.6 Å². The summed E-state index contributed by atoms with van der Waals surface area (Å²) in [5.74, 6) is -0.347. The molecule has 4 aromatic rings. The van der Waals surface area contributed by atoms with Crippen LogP contribution in [0.5, 0.6) is 0 Å². The summed E-state index contributed by atoms with van der Waals surface area (Å²) in [6.07, 6.45) is 3.47. The van der Waals surface area contributed by atoms with E-state index < -0.39 is 23.1 Å². The van der Waals surface area contributed by atoms with Crippen LogP contribution in [0, 0.1) is 0 Å². The van der Waals surface area contributed by atoms with Crippen molar-refractivity contribution in [3.05, 3.63) is 107 Å². The SMILES string of the molecule is CN(C)C(=O)C=CCCC(Cc1ccccc1)(NC(=O)O)C(=O)Nc1cccn(Cc2nc3ccccc3[nH]2)c1=O. The van der Waals surface area contributed by atoms with Gasteiger partial charge in [-0.1, -0.05) is 48.5 Å². The number of pyridine rings is 1. The maximum atomic E-state index is 13.8. The third-order valence-electron chi connectivity index (χ3n) is 6.60. The Kier molecular flexibility index (Phi) is 8.98. The number of para-hydroxylation sites is 2. The van der Waals surface area contributed by atoms with Gasteiger partial charge in [0, 0.05) is 26.7 Å². The number of rotatable bonds is 11. The van der Waals surface area contributed by atoms with Crippen LogP contribution in [0.25, 0.3) is 11.0 Å². The van der Waals surface area contributed by atoms with Gasteiger partial charge < -0.3 is 30.2 Å². The standard InChI is InChI=1S/C30H32N6O5/c1-35(2)26(37)16-8-9-17-30(34-29(40)41,19-21-11-4-3-5-12-21)28(39)33-24-15-10-18-36(27(24)38)20-25-31-22-13-6-7-14-23(22)32-25/h3-8,10-16,18,34H,9,17,19-20H2,1-2H3,(H,31,32)(H,33,39)(H,40,41). The summed E-state index contributed by atoms with van der Waals surface area (Å²) in [5.41, 5.74) is 0.224. The summed E-state index contributed by atoms with van der Waals surface area (Å²) in [6, 6.07) is 19.6. The average molecular weight is 557 g/mol. The van der Waals surface area contributed by atoms with E-state index in [4.69, 9.17) is 0 Å². The number of allylic oxidation sites excluding steroid dienone is 1. The molecule has 0 aliphatic carbocycles.